The van der Waals surface area contributed by atoms with E-state index >= 15 is 0 Å². The third-order valence-electron chi connectivity index (χ3n) is 6.82. The minimum Gasteiger partial charge on any atom is -0.274 e. The lowest BCUT2D eigenvalue weighted by atomic mass is 9.85. The van der Waals surface area contributed by atoms with E-state index < -0.39 is 12.0 Å². The highest BCUT2D eigenvalue weighted by atomic mass is 16.2. The molecule has 3 aromatic carbocycles. The number of carbonyl (C=O) groups excluding carboxylic acids is 2. The molecular weight excluding hydrogens is 386 g/mol. The molecule has 31 heavy (non-hydrogen) atoms. The van der Waals surface area contributed by atoms with E-state index in [1.165, 1.54) is 16.0 Å². The van der Waals surface area contributed by atoms with Gasteiger partial charge in [-0.1, -0.05) is 72.8 Å². The van der Waals surface area contributed by atoms with Crippen LogP contribution in [0.15, 0.2) is 84.9 Å². The number of anilines is 1. The number of nitrogens with zero attached hydrogens (tertiary/aromatic N) is 3. The number of imide groups is 1. The van der Waals surface area contributed by atoms with E-state index in [1.54, 1.807) is 0 Å². The normalized spacial score (nSPS) is 25.4. The van der Waals surface area contributed by atoms with Gasteiger partial charge in [0.25, 0.3) is 5.91 Å². The summed E-state index contributed by atoms with van der Waals surface area (Å²) in [6.45, 7) is 1.43. The Bertz CT molecular complexity index is 1150. The van der Waals surface area contributed by atoms with Gasteiger partial charge in [0.15, 0.2) is 0 Å². The second-order valence-electron chi connectivity index (χ2n) is 8.46. The van der Waals surface area contributed by atoms with Crippen molar-refractivity contribution in [2.75, 3.05) is 11.4 Å². The molecule has 0 saturated carbocycles. The highest BCUT2D eigenvalue weighted by Crippen LogP contribution is 2.50. The Morgan fingerprint density at radius 2 is 1.42 bits per heavy atom. The number of rotatable bonds is 3. The summed E-state index contributed by atoms with van der Waals surface area (Å²) in [4.78, 5) is 28.8. The summed E-state index contributed by atoms with van der Waals surface area (Å²) in [6, 6.07) is 27.3. The Kier molecular flexibility index (Phi) is 4.26. The van der Waals surface area contributed by atoms with Crippen molar-refractivity contribution in [2.45, 2.75) is 25.0 Å². The summed E-state index contributed by atoms with van der Waals surface area (Å²) in [5, 5.41) is 4.44. The fraction of sp³-hybridized carbons (Fsp3) is 0.231. The van der Waals surface area contributed by atoms with Crippen LogP contribution in [0.1, 0.15) is 22.7 Å². The first-order chi connectivity index (χ1) is 15.2. The number of amides is 2. The van der Waals surface area contributed by atoms with Crippen LogP contribution in [0.5, 0.6) is 0 Å². The minimum absolute atomic E-state index is 0.0940. The molecule has 3 aliphatic heterocycles. The maximum absolute atomic E-state index is 13.7. The van der Waals surface area contributed by atoms with Crippen LogP contribution in [-0.2, 0) is 22.6 Å². The largest absolute Gasteiger partial charge is 0.274 e. The van der Waals surface area contributed by atoms with Crippen molar-refractivity contribution in [1.29, 1.82) is 0 Å². The van der Waals surface area contributed by atoms with Gasteiger partial charge >= 0.3 is 0 Å². The molecule has 0 unspecified atom stereocenters. The van der Waals surface area contributed by atoms with Crippen LogP contribution in [0.2, 0.25) is 0 Å². The van der Waals surface area contributed by atoms with Crippen molar-refractivity contribution in [3.05, 3.63) is 102 Å². The third-order valence-corrected chi connectivity index (χ3v) is 6.82. The van der Waals surface area contributed by atoms with Crippen molar-refractivity contribution in [1.82, 2.24) is 10.0 Å². The van der Waals surface area contributed by atoms with Crippen molar-refractivity contribution >= 4 is 17.5 Å². The maximum atomic E-state index is 13.7. The van der Waals surface area contributed by atoms with Crippen LogP contribution in [-0.4, -0.2) is 34.4 Å². The summed E-state index contributed by atoms with van der Waals surface area (Å²) in [7, 11) is 0. The first-order valence-corrected chi connectivity index (χ1v) is 10.8. The predicted molar refractivity (Wildman–Crippen MR) is 118 cm³/mol. The second kappa shape index (κ2) is 7.15. The molecule has 2 saturated heterocycles. The number of hydrogen-bond acceptors (Lipinski definition) is 4. The standard InChI is InChI=1S/C26H23N3O2/c30-25-22-23-21-14-8-7-11-19(21)15-16-27(23)28(17-18-9-3-1-4-10-18)24(22)26(31)29(25)20-12-5-2-6-13-20/h1-14,22-24H,15-17H2/t22-,23-,24+/m1/s1. The summed E-state index contributed by atoms with van der Waals surface area (Å²) >= 11 is 0. The molecule has 5 heteroatoms. The number of fused-ring (bicyclic) bond motifs is 5. The zero-order valence-corrected chi connectivity index (χ0v) is 17.1. The topological polar surface area (TPSA) is 43.9 Å². The van der Waals surface area contributed by atoms with E-state index in [1.807, 2.05) is 54.6 Å². The smallest absolute Gasteiger partial charge is 0.253 e. The van der Waals surface area contributed by atoms with E-state index in [0.29, 0.717) is 12.2 Å². The quantitative estimate of drug-likeness (QED) is 0.621. The Hall–Kier alpha value is -3.28. The molecular formula is C26H23N3O2. The second-order valence-corrected chi connectivity index (χ2v) is 8.46. The molecule has 0 N–H and O–H groups in total. The van der Waals surface area contributed by atoms with Crippen LogP contribution < -0.4 is 4.90 Å². The van der Waals surface area contributed by atoms with Crippen molar-refractivity contribution < 1.29 is 9.59 Å². The highest BCUT2D eigenvalue weighted by molar-refractivity contribution is 6.24. The molecule has 0 spiro atoms. The molecule has 0 bridgehead atoms. The van der Waals surface area contributed by atoms with Gasteiger partial charge in [-0.25, -0.2) is 14.9 Å². The van der Waals surface area contributed by atoms with Crippen molar-refractivity contribution in [2.24, 2.45) is 5.92 Å². The number of hydrazine groups is 1. The molecule has 0 radical (unpaired) electrons. The molecule has 154 valence electrons. The van der Waals surface area contributed by atoms with Gasteiger partial charge in [-0.05, 0) is 35.2 Å². The number of hydrogen-bond donors (Lipinski definition) is 0. The average Bonchev–Trinajstić information content (AvgIpc) is 3.28. The molecule has 0 aromatic heterocycles. The van der Waals surface area contributed by atoms with Crippen LogP contribution in [0.3, 0.4) is 0 Å². The van der Waals surface area contributed by atoms with Gasteiger partial charge in [-0.3, -0.25) is 9.59 Å². The summed E-state index contributed by atoms with van der Waals surface area (Å²) in [6.07, 6.45) is 0.919. The molecule has 6 rings (SSSR count). The fourth-order valence-electron chi connectivity index (χ4n) is 5.50. The van der Waals surface area contributed by atoms with E-state index in [2.05, 4.69) is 40.3 Å². The SMILES string of the molecule is O=C1[C@H]2[C@@H](C(=O)N1c1ccccc1)N(Cc1ccccc1)N1CCc3ccccc3[C@H]21. The van der Waals surface area contributed by atoms with Crippen LogP contribution in [0, 0.1) is 5.92 Å². The van der Waals surface area contributed by atoms with Crippen molar-refractivity contribution in [3.63, 3.8) is 0 Å². The predicted octanol–water partition coefficient (Wildman–Crippen LogP) is 3.57. The molecule has 3 aromatic rings. The zero-order valence-electron chi connectivity index (χ0n) is 17.1. The van der Waals surface area contributed by atoms with Crippen LogP contribution in [0.4, 0.5) is 5.69 Å². The number of benzene rings is 3. The lowest BCUT2D eigenvalue weighted by Crippen LogP contribution is -2.49. The Morgan fingerprint density at radius 3 is 2.19 bits per heavy atom. The monoisotopic (exact) mass is 409 g/mol. The van der Waals surface area contributed by atoms with E-state index in [0.717, 1.165) is 18.5 Å². The summed E-state index contributed by atoms with van der Waals surface area (Å²) < 4.78 is 0. The van der Waals surface area contributed by atoms with Crippen molar-refractivity contribution in [3.8, 4) is 0 Å². The molecule has 2 amide bonds. The molecule has 3 heterocycles. The maximum Gasteiger partial charge on any atom is 0.253 e. The summed E-state index contributed by atoms with van der Waals surface area (Å²) in [5.74, 6) is -0.620. The molecule has 2 fully saturated rings. The van der Waals surface area contributed by atoms with Gasteiger partial charge in [0.05, 0.1) is 17.6 Å². The van der Waals surface area contributed by atoms with Gasteiger partial charge < -0.3 is 0 Å². The Labute approximate surface area is 181 Å². The highest BCUT2D eigenvalue weighted by Gasteiger charge is 2.62. The minimum atomic E-state index is -0.482. The van der Waals surface area contributed by atoms with Crippen LogP contribution >= 0.6 is 0 Å². The molecule has 5 nitrogen and oxygen atoms in total. The van der Waals surface area contributed by atoms with Gasteiger partial charge in [0.2, 0.25) is 5.91 Å². The molecule has 3 aliphatic rings. The molecule has 3 atom stereocenters. The number of para-hydroxylation sites is 1. The van der Waals surface area contributed by atoms with Gasteiger partial charge in [0.1, 0.15) is 6.04 Å². The molecule has 0 aliphatic carbocycles. The first kappa shape index (κ1) is 18.5. The summed E-state index contributed by atoms with van der Waals surface area (Å²) in [5.41, 5.74) is 4.25. The lowest BCUT2D eigenvalue weighted by Gasteiger charge is -2.39. The van der Waals surface area contributed by atoms with Crippen LogP contribution in [0.25, 0.3) is 0 Å². The average molecular weight is 409 g/mol. The zero-order chi connectivity index (χ0) is 20.9. The third kappa shape index (κ3) is 2.77. The van der Waals surface area contributed by atoms with E-state index in [4.69, 9.17) is 0 Å². The van der Waals surface area contributed by atoms with E-state index in [9.17, 15) is 9.59 Å². The Morgan fingerprint density at radius 1 is 0.742 bits per heavy atom. The van der Waals surface area contributed by atoms with E-state index in [-0.39, 0.29) is 17.9 Å². The lowest BCUT2D eigenvalue weighted by molar-refractivity contribution is -0.129. The van der Waals surface area contributed by atoms with Gasteiger partial charge in [-0.15, -0.1) is 0 Å². The van der Waals surface area contributed by atoms with Gasteiger partial charge in [-0.2, -0.15) is 0 Å². The number of carbonyl (C=O) groups is 2. The van der Waals surface area contributed by atoms with Gasteiger partial charge in [0, 0.05) is 13.1 Å². The first-order valence-electron chi connectivity index (χ1n) is 10.8. The fourth-order valence-corrected chi connectivity index (χ4v) is 5.50. The Balaban J connectivity index is 1.46.